The first kappa shape index (κ1) is 41.0. The molecule has 0 aliphatic carbocycles. The number of fused-ring (bicyclic) bond motifs is 1. The van der Waals surface area contributed by atoms with E-state index in [0.717, 1.165) is 27.5 Å². The minimum absolute atomic E-state index is 0.0545. The number of ether oxygens (including phenoxy) is 1. The minimum atomic E-state index is -4.51. The molecule has 12 heteroatoms. The van der Waals surface area contributed by atoms with E-state index < -0.39 is 32.4 Å². The van der Waals surface area contributed by atoms with E-state index in [2.05, 4.69) is 73.2 Å². The Balaban J connectivity index is 1.55. The summed E-state index contributed by atoms with van der Waals surface area (Å²) >= 11 is 1.04. The third kappa shape index (κ3) is 8.38. The molecule has 6 rings (SSSR count). The molecule has 3 aromatic carbocycles. The van der Waals surface area contributed by atoms with Gasteiger partial charge in [0.2, 0.25) is 0 Å². The highest BCUT2D eigenvalue weighted by molar-refractivity contribution is 7.09. The van der Waals surface area contributed by atoms with Crippen molar-refractivity contribution < 1.29 is 27.1 Å². The number of pyridine rings is 1. The van der Waals surface area contributed by atoms with Gasteiger partial charge in [-0.2, -0.15) is 17.5 Å². The van der Waals surface area contributed by atoms with Gasteiger partial charge in [0, 0.05) is 34.8 Å². The fourth-order valence-corrected chi connectivity index (χ4v) is 13.1. The van der Waals surface area contributed by atoms with Crippen molar-refractivity contribution in [1.29, 1.82) is 0 Å². The van der Waals surface area contributed by atoms with Crippen LogP contribution in [0.25, 0.3) is 32.7 Å². The highest BCUT2D eigenvalue weighted by Gasteiger charge is 2.51. The van der Waals surface area contributed by atoms with Crippen molar-refractivity contribution in [3.8, 4) is 21.8 Å². The molecule has 0 N–H and O–H groups in total. The van der Waals surface area contributed by atoms with Crippen LogP contribution in [0.1, 0.15) is 83.2 Å². The Bertz CT molecular complexity index is 2260. The van der Waals surface area contributed by atoms with Crippen LogP contribution in [-0.4, -0.2) is 52.6 Å². The highest BCUT2D eigenvalue weighted by Crippen LogP contribution is 2.44. The molecule has 0 radical (unpaired) electrons. The van der Waals surface area contributed by atoms with Crippen molar-refractivity contribution in [2.45, 2.75) is 85.5 Å². The van der Waals surface area contributed by atoms with E-state index in [1.54, 1.807) is 31.3 Å². The van der Waals surface area contributed by atoms with Gasteiger partial charge in [-0.1, -0.05) is 109 Å². The summed E-state index contributed by atoms with van der Waals surface area (Å²) in [5.41, 5.74) is 3.12. The maximum atomic E-state index is 14.6. The molecule has 3 aromatic heterocycles. The summed E-state index contributed by atoms with van der Waals surface area (Å²) in [6.45, 7) is 16.0. The van der Waals surface area contributed by atoms with Gasteiger partial charge in [0.05, 0.1) is 18.0 Å². The lowest BCUT2D eigenvalue weighted by molar-refractivity contribution is -0.139. The van der Waals surface area contributed by atoms with Crippen LogP contribution in [0.4, 0.5) is 13.2 Å². The fraction of sp³-hybridized carbons (Fsp3) is 0.364. The van der Waals surface area contributed by atoms with E-state index in [4.69, 9.17) is 9.16 Å². The van der Waals surface area contributed by atoms with Crippen molar-refractivity contribution in [2.24, 2.45) is 5.41 Å². The van der Waals surface area contributed by atoms with Crippen LogP contribution in [0.5, 0.6) is 0 Å². The zero-order chi connectivity index (χ0) is 40.5. The first-order valence-electron chi connectivity index (χ1n) is 18.9. The number of rotatable bonds is 13. The second-order valence-corrected chi connectivity index (χ2v) is 21.3. The Labute approximate surface area is 332 Å². The molecular formula is C44H49F3N4O3SSi. The number of esters is 1. The highest BCUT2D eigenvalue weighted by atomic mass is 32.1. The second kappa shape index (κ2) is 16.1. The quantitative estimate of drug-likeness (QED) is 0.0855. The van der Waals surface area contributed by atoms with E-state index in [1.165, 1.54) is 4.57 Å². The molecule has 7 nitrogen and oxygen atoms in total. The zero-order valence-corrected chi connectivity index (χ0v) is 35.0. The molecule has 0 saturated carbocycles. The normalized spacial score (nSPS) is 12.8. The number of alkyl halides is 3. The fourth-order valence-electron chi connectivity index (χ4n) is 7.68. The second-order valence-electron chi connectivity index (χ2n) is 16.3. The molecule has 0 spiro atoms. The first-order chi connectivity index (χ1) is 26.5. The first-order valence-corrected chi connectivity index (χ1v) is 21.6. The lowest BCUT2D eigenvalue weighted by atomic mass is 9.84. The molecule has 0 saturated heterocycles. The molecular weight excluding hydrogens is 750 g/mol. The van der Waals surface area contributed by atoms with E-state index in [1.807, 2.05) is 62.4 Å². The van der Waals surface area contributed by atoms with Gasteiger partial charge in [0.25, 0.3) is 14.1 Å². The van der Waals surface area contributed by atoms with E-state index in [-0.39, 0.29) is 23.4 Å². The monoisotopic (exact) mass is 798 g/mol. The third-order valence-corrected chi connectivity index (χ3v) is 15.8. The Morgan fingerprint density at radius 1 is 0.893 bits per heavy atom. The summed E-state index contributed by atoms with van der Waals surface area (Å²) in [6.07, 6.45) is -2.43. The molecule has 3 heterocycles. The number of benzene rings is 3. The van der Waals surface area contributed by atoms with Crippen LogP contribution in [0, 0.1) is 5.41 Å². The molecule has 6 aromatic rings. The summed E-state index contributed by atoms with van der Waals surface area (Å²) in [6, 6.07) is 29.8. The number of nitrogens with zero attached hydrogens (tertiary/aromatic N) is 4. The predicted molar refractivity (Wildman–Crippen MR) is 221 cm³/mol. The van der Waals surface area contributed by atoms with E-state index in [0.29, 0.717) is 51.5 Å². The number of carbonyl (C=O) groups excluding carboxylic acids is 1. The minimum Gasteiger partial charge on any atom is -0.460 e. The Morgan fingerprint density at radius 2 is 1.54 bits per heavy atom. The molecule has 0 amide bonds. The van der Waals surface area contributed by atoms with Crippen molar-refractivity contribution in [3.63, 3.8) is 0 Å². The molecule has 294 valence electrons. The molecule has 0 atom stereocenters. The van der Waals surface area contributed by atoms with Crippen LogP contribution in [0.3, 0.4) is 0 Å². The summed E-state index contributed by atoms with van der Waals surface area (Å²) in [7, 11) is -2.94. The van der Waals surface area contributed by atoms with Crippen molar-refractivity contribution in [2.75, 3.05) is 13.2 Å². The summed E-state index contributed by atoms with van der Waals surface area (Å²) in [4.78, 5) is 21.6. The van der Waals surface area contributed by atoms with Gasteiger partial charge in [0.1, 0.15) is 11.6 Å². The van der Waals surface area contributed by atoms with Gasteiger partial charge in [-0.25, -0.2) is 9.78 Å². The average molecular weight is 799 g/mol. The molecule has 0 unspecified atom stereocenters. The van der Waals surface area contributed by atoms with Crippen LogP contribution in [0.2, 0.25) is 5.04 Å². The number of carbonyl (C=O) groups is 1. The molecule has 0 aliphatic heterocycles. The number of hydrogen-bond donors (Lipinski definition) is 0. The molecule has 0 fully saturated rings. The van der Waals surface area contributed by atoms with Crippen LogP contribution < -0.4 is 10.4 Å². The van der Waals surface area contributed by atoms with Crippen LogP contribution >= 0.6 is 11.5 Å². The van der Waals surface area contributed by atoms with Gasteiger partial charge in [-0.15, -0.1) is 0 Å². The third-order valence-electron chi connectivity index (χ3n) is 10.0. The van der Waals surface area contributed by atoms with E-state index >= 15 is 0 Å². The molecule has 56 heavy (non-hydrogen) atoms. The van der Waals surface area contributed by atoms with Gasteiger partial charge >= 0.3 is 12.1 Å². The van der Waals surface area contributed by atoms with Crippen molar-refractivity contribution in [1.82, 2.24) is 18.9 Å². The summed E-state index contributed by atoms with van der Waals surface area (Å²) < 4.78 is 62.0. The maximum absolute atomic E-state index is 14.6. The average Bonchev–Trinajstić information content (AvgIpc) is 3.75. The predicted octanol–water partition coefficient (Wildman–Crippen LogP) is 10.2. The maximum Gasteiger partial charge on any atom is 0.406 e. The number of halogens is 3. The Morgan fingerprint density at radius 3 is 2.11 bits per heavy atom. The molecule has 0 bridgehead atoms. The van der Waals surface area contributed by atoms with Crippen molar-refractivity contribution in [3.05, 3.63) is 114 Å². The largest absolute Gasteiger partial charge is 0.460 e. The smallest absolute Gasteiger partial charge is 0.406 e. The summed E-state index contributed by atoms with van der Waals surface area (Å²) in [5.74, 6) is -0.738. The van der Waals surface area contributed by atoms with Gasteiger partial charge in [-0.3, -0.25) is 4.98 Å². The van der Waals surface area contributed by atoms with Crippen LogP contribution in [-0.2, 0) is 22.1 Å². The number of hydrogen-bond acceptors (Lipinski definition) is 7. The SMILES string of the molecule is CCOC(=O)c1nsc(-c2ccc3c(c2)c(CC(C)(C)CO[Si](c2ccccc2)(c2ccccc2)C(C)(C)C)c(-c2cccnc2C(C)C)n3CC(F)(F)F)n1. The lowest BCUT2D eigenvalue weighted by Gasteiger charge is -2.44. The summed E-state index contributed by atoms with van der Waals surface area (Å²) in [5, 5.41) is 3.16. The zero-order valence-electron chi connectivity index (χ0n) is 33.2. The Hall–Kier alpha value is -4.65. The van der Waals surface area contributed by atoms with Crippen molar-refractivity contribution >= 4 is 47.1 Å². The van der Waals surface area contributed by atoms with Gasteiger partial charge in [0.15, 0.2) is 0 Å². The lowest BCUT2D eigenvalue weighted by Crippen LogP contribution is -2.67. The topological polar surface area (TPSA) is 79.1 Å². The van der Waals surface area contributed by atoms with Crippen LogP contribution in [0.15, 0.2) is 97.2 Å². The van der Waals surface area contributed by atoms with E-state index in [9.17, 15) is 18.0 Å². The van der Waals surface area contributed by atoms with Gasteiger partial charge < -0.3 is 13.7 Å². The standard InChI is InChI=1S/C44H49F3N4O3SSi/c1-9-53-41(52)39-49-40(55-50-39)30-22-23-36-34(25-30)35(38(51(36)27-44(45,46)47)33-21-16-24-48-37(33)29(2)3)26-43(7,8)28-54-56(42(4,5)6,31-17-12-10-13-18-31)32-19-14-11-15-20-32/h10-25,29H,9,26-28H2,1-8H3. The van der Waals surface area contributed by atoms with Gasteiger partial charge in [-0.05, 0) is 87.5 Å². The Kier molecular flexibility index (Phi) is 11.8. The number of aromatic nitrogens is 4. The molecule has 0 aliphatic rings.